The van der Waals surface area contributed by atoms with Crippen LogP contribution in [-0.4, -0.2) is 0 Å². The highest BCUT2D eigenvalue weighted by Gasteiger charge is 2.28. The number of rotatable bonds is 4. The maximum Gasteiger partial charge on any atom is 0.123 e. The lowest BCUT2D eigenvalue weighted by molar-refractivity contribution is 0.304. The molecule has 91 valence electrons. The minimum Gasteiger partial charge on any atom is -0.489 e. The van der Waals surface area contributed by atoms with Gasteiger partial charge in [0.05, 0.1) is 0 Å². The number of hydrogen-bond donors (Lipinski definition) is 0. The van der Waals surface area contributed by atoms with E-state index in [1.807, 2.05) is 30.3 Å². The van der Waals surface area contributed by atoms with Crippen LogP contribution in [0.25, 0.3) is 0 Å². The molecule has 3 rings (SSSR count). The minimum absolute atomic E-state index is 0.198. The molecule has 0 spiro atoms. The average Bonchev–Trinajstić information content (AvgIpc) is 3.23. The highest BCUT2D eigenvalue weighted by molar-refractivity contribution is 5.48. The molecule has 2 aromatic rings. The minimum atomic E-state index is -0.198. The molecule has 1 aliphatic carbocycles. The predicted octanol–water partition coefficient (Wildman–Crippen LogP) is 4.12. The zero-order chi connectivity index (χ0) is 12.4. The Balaban J connectivity index is 1.76. The molecule has 1 radical (unpaired) electrons. The van der Waals surface area contributed by atoms with Gasteiger partial charge in [0.25, 0.3) is 0 Å². The SMILES string of the molecule is Fc1ccc(OCc2ccccc2)c([C]2CC2)c1. The van der Waals surface area contributed by atoms with Crippen LogP contribution in [0.2, 0.25) is 0 Å². The summed E-state index contributed by atoms with van der Waals surface area (Å²) in [6.45, 7) is 0.521. The number of halogens is 1. The monoisotopic (exact) mass is 241 g/mol. The van der Waals surface area contributed by atoms with Gasteiger partial charge < -0.3 is 4.74 Å². The van der Waals surface area contributed by atoms with E-state index in [0.29, 0.717) is 6.61 Å². The third-order valence-electron chi connectivity index (χ3n) is 3.06. The van der Waals surface area contributed by atoms with Gasteiger partial charge in [0.15, 0.2) is 0 Å². The van der Waals surface area contributed by atoms with E-state index >= 15 is 0 Å². The van der Waals surface area contributed by atoms with Crippen molar-refractivity contribution in [3.05, 3.63) is 71.4 Å². The molecule has 0 bridgehead atoms. The molecule has 0 heterocycles. The van der Waals surface area contributed by atoms with Crippen LogP contribution in [0.4, 0.5) is 4.39 Å². The van der Waals surface area contributed by atoms with E-state index in [9.17, 15) is 4.39 Å². The third kappa shape index (κ3) is 2.53. The van der Waals surface area contributed by atoms with Crippen molar-refractivity contribution in [2.75, 3.05) is 0 Å². The van der Waals surface area contributed by atoms with Gasteiger partial charge in [-0.3, -0.25) is 0 Å². The Labute approximate surface area is 106 Å². The normalized spacial score (nSPS) is 14.5. The van der Waals surface area contributed by atoms with Crippen LogP contribution in [0.3, 0.4) is 0 Å². The Morgan fingerprint density at radius 1 is 1.00 bits per heavy atom. The van der Waals surface area contributed by atoms with E-state index in [1.54, 1.807) is 12.1 Å². The first-order chi connectivity index (χ1) is 8.83. The second-order valence-corrected chi connectivity index (χ2v) is 4.52. The second-order valence-electron chi connectivity index (χ2n) is 4.52. The number of benzene rings is 2. The van der Waals surface area contributed by atoms with E-state index in [2.05, 4.69) is 0 Å². The maximum atomic E-state index is 13.2. The van der Waals surface area contributed by atoms with Crippen LogP contribution in [-0.2, 0) is 6.61 Å². The third-order valence-corrected chi connectivity index (χ3v) is 3.06. The fourth-order valence-electron chi connectivity index (χ4n) is 1.97. The van der Waals surface area contributed by atoms with Gasteiger partial charge in [0.1, 0.15) is 18.2 Å². The van der Waals surface area contributed by atoms with Gasteiger partial charge in [-0.15, -0.1) is 0 Å². The molecule has 0 aliphatic heterocycles. The van der Waals surface area contributed by atoms with E-state index < -0.39 is 0 Å². The lowest BCUT2D eigenvalue weighted by Crippen LogP contribution is -1.98. The fraction of sp³-hybridized carbons (Fsp3) is 0.188. The zero-order valence-electron chi connectivity index (χ0n) is 10.0. The van der Waals surface area contributed by atoms with Crippen LogP contribution >= 0.6 is 0 Å². The van der Waals surface area contributed by atoms with Gasteiger partial charge in [-0.25, -0.2) is 4.39 Å². The second kappa shape index (κ2) is 4.81. The lowest BCUT2D eigenvalue weighted by atomic mass is 10.1. The van der Waals surface area contributed by atoms with E-state index in [1.165, 1.54) is 12.0 Å². The van der Waals surface area contributed by atoms with Crippen LogP contribution in [0.5, 0.6) is 5.75 Å². The van der Waals surface area contributed by atoms with Crippen molar-refractivity contribution in [1.29, 1.82) is 0 Å². The summed E-state index contributed by atoms with van der Waals surface area (Å²) in [5.74, 6) is 1.88. The highest BCUT2D eigenvalue weighted by atomic mass is 19.1. The molecule has 0 N–H and O–H groups in total. The number of hydrogen-bond acceptors (Lipinski definition) is 1. The van der Waals surface area contributed by atoms with Crippen LogP contribution in [0, 0.1) is 11.7 Å². The molecular formula is C16H14FO. The smallest absolute Gasteiger partial charge is 0.123 e. The van der Waals surface area contributed by atoms with E-state index in [4.69, 9.17) is 4.74 Å². The van der Waals surface area contributed by atoms with Crippen LogP contribution in [0.1, 0.15) is 24.0 Å². The van der Waals surface area contributed by atoms with Crippen molar-refractivity contribution in [3.8, 4) is 5.75 Å². The Bertz CT molecular complexity index is 532. The average molecular weight is 241 g/mol. The summed E-state index contributed by atoms with van der Waals surface area (Å²) >= 11 is 0. The first-order valence-electron chi connectivity index (χ1n) is 6.14. The molecule has 0 unspecified atom stereocenters. The standard InChI is InChI=1S/C16H14FO/c17-14-8-9-16(15(10-14)13-6-7-13)18-11-12-4-2-1-3-5-12/h1-5,8-10H,6-7,11H2. The van der Waals surface area contributed by atoms with E-state index in [0.717, 1.165) is 29.7 Å². The summed E-state index contributed by atoms with van der Waals surface area (Å²) in [5, 5.41) is 0. The van der Waals surface area contributed by atoms with E-state index in [-0.39, 0.29) is 5.82 Å². The summed E-state index contributed by atoms with van der Waals surface area (Å²) in [6, 6.07) is 14.7. The number of ether oxygens (including phenoxy) is 1. The Kier molecular flexibility index (Phi) is 3.01. The largest absolute Gasteiger partial charge is 0.489 e. The fourth-order valence-corrected chi connectivity index (χ4v) is 1.97. The predicted molar refractivity (Wildman–Crippen MR) is 68.8 cm³/mol. The Hall–Kier alpha value is -1.83. The summed E-state index contributed by atoms with van der Waals surface area (Å²) in [5.41, 5.74) is 2.06. The molecule has 0 saturated heterocycles. The van der Waals surface area contributed by atoms with Gasteiger partial charge in [0.2, 0.25) is 0 Å². The van der Waals surface area contributed by atoms with Gasteiger partial charge >= 0.3 is 0 Å². The highest BCUT2D eigenvalue weighted by Crippen LogP contribution is 2.43. The van der Waals surface area contributed by atoms with Crippen molar-refractivity contribution in [2.24, 2.45) is 0 Å². The maximum absolute atomic E-state index is 13.2. The molecule has 18 heavy (non-hydrogen) atoms. The van der Waals surface area contributed by atoms with Crippen molar-refractivity contribution >= 4 is 0 Å². The van der Waals surface area contributed by atoms with Crippen molar-refractivity contribution in [3.63, 3.8) is 0 Å². The molecular weight excluding hydrogens is 227 g/mol. The molecule has 0 atom stereocenters. The van der Waals surface area contributed by atoms with Crippen molar-refractivity contribution in [1.82, 2.24) is 0 Å². The Morgan fingerprint density at radius 2 is 1.78 bits per heavy atom. The molecule has 2 heteroatoms. The summed E-state index contributed by atoms with van der Waals surface area (Å²) in [4.78, 5) is 0. The molecule has 1 saturated carbocycles. The van der Waals surface area contributed by atoms with Gasteiger partial charge in [-0.2, -0.15) is 0 Å². The molecule has 0 amide bonds. The summed E-state index contributed by atoms with van der Waals surface area (Å²) in [6.07, 6.45) is 2.12. The summed E-state index contributed by atoms with van der Waals surface area (Å²) < 4.78 is 19.0. The van der Waals surface area contributed by atoms with Gasteiger partial charge in [-0.05, 0) is 36.6 Å². The van der Waals surface area contributed by atoms with Crippen molar-refractivity contribution in [2.45, 2.75) is 19.4 Å². The zero-order valence-corrected chi connectivity index (χ0v) is 10.0. The quantitative estimate of drug-likeness (QED) is 0.782. The molecule has 1 aliphatic rings. The van der Waals surface area contributed by atoms with Gasteiger partial charge in [0, 0.05) is 11.5 Å². The summed E-state index contributed by atoms with van der Waals surface area (Å²) in [7, 11) is 0. The van der Waals surface area contributed by atoms with Crippen LogP contribution < -0.4 is 4.74 Å². The molecule has 1 nitrogen and oxygen atoms in total. The first-order valence-corrected chi connectivity index (χ1v) is 6.14. The first kappa shape index (κ1) is 11.3. The topological polar surface area (TPSA) is 9.23 Å². The lowest BCUT2D eigenvalue weighted by Gasteiger charge is -2.11. The molecule has 0 aromatic heterocycles. The Morgan fingerprint density at radius 3 is 2.50 bits per heavy atom. The molecule has 2 aromatic carbocycles. The van der Waals surface area contributed by atoms with Crippen molar-refractivity contribution < 1.29 is 9.13 Å². The van der Waals surface area contributed by atoms with Crippen LogP contribution in [0.15, 0.2) is 48.5 Å². The van der Waals surface area contributed by atoms with Gasteiger partial charge in [-0.1, -0.05) is 30.3 Å². The molecule has 1 fully saturated rings.